The molecule has 16 heteroatoms. The van der Waals surface area contributed by atoms with Gasteiger partial charge in [-0.3, -0.25) is 0 Å². The van der Waals surface area contributed by atoms with Crippen molar-refractivity contribution in [3.05, 3.63) is 69.2 Å². The molecule has 6 fully saturated rings. The Morgan fingerprint density at radius 1 is 0.830 bits per heavy atom. The number of ether oxygens (including phenoxy) is 6. The van der Waals surface area contributed by atoms with Crippen LogP contribution >= 0.6 is 8.38 Å². The van der Waals surface area contributed by atoms with Gasteiger partial charge in [-0.05, 0) is 36.4 Å². The molecule has 11 nitrogen and oxygen atoms in total. The molecule has 6 aliphatic rings. The van der Waals surface area contributed by atoms with Crippen molar-refractivity contribution < 1.29 is 140 Å². The smallest absolute Gasteiger partial charge is 0.238 e. The molecule has 0 aromatic rings. The third-order valence-electron chi connectivity index (χ3n) is 11.5. The van der Waals surface area contributed by atoms with Crippen LogP contribution in [0.2, 0.25) is 18.1 Å². The minimum atomic E-state index is -1.83. The van der Waals surface area contributed by atoms with Crippen LogP contribution in [-0.2, 0) is 41.9 Å². The van der Waals surface area contributed by atoms with E-state index in [1.165, 1.54) is 0 Å². The monoisotopic (exact) mass is 1450 g/mol. The summed E-state index contributed by atoms with van der Waals surface area (Å²) in [5.74, 6) is 0.454. The van der Waals surface area contributed by atoms with Crippen molar-refractivity contribution in [3.8, 4) is 0 Å². The van der Waals surface area contributed by atoms with Crippen molar-refractivity contribution in [2.75, 3.05) is 39.6 Å². The number of hydrogen-bond acceptors (Lipinski definition) is 10. The quantitative estimate of drug-likeness (QED) is 0.0730. The molecule has 0 radical (unpaired) electrons. The maximum atomic E-state index is 9.75. The molecule has 296 valence electrons. The van der Waals surface area contributed by atoms with Crippen molar-refractivity contribution in [2.24, 2.45) is 17.8 Å². The molecular formula is C37H59NO10PSiU3-3. The van der Waals surface area contributed by atoms with Gasteiger partial charge in [-0.25, -0.2) is 6.57 Å². The van der Waals surface area contributed by atoms with E-state index in [1.807, 2.05) is 32.7 Å². The molecule has 6 heterocycles. The molecular weight excluding hydrogens is 1390 g/mol. The number of hydrogen-bond donors (Lipinski definition) is 1. The van der Waals surface area contributed by atoms with Crippen LogP contribution in [0.4, 0.5) is 0 Å². The molecule has 0 aromatic heterocycles. The number of nitrogens with zero attached hydrogens (tertiary/aromatic N) is 1. The summed E-state index contributed by atoms with van der Waals surface area (Å²) in [6, 6.07) is 0. The first-order chi connectivity index (χ1) is 23.5. The van der Waals surface area contributed by atoms with E-state index >= 15 is 0 Å². The molecule has 13 atom stereocenters. The molecule has 0 saturated carbocycles. The second kappa shape index (κ2) is 22.1. The van der Waals surface area contributed by atoms with E-state index < -0.39 is 34.0 Å². The Kier molecular flexibility index (Phi) is 22.2. The van der Waals surface area contributed by atoms with E-state index in [1.54, 1.807) is 25.9 Å². The van der Waals surface area contributed by atoms with Gasteiger partial charge in [0.15, 0.2) is 16.7 Å². The largest absolute Gasteiger partial charge is 0.541 e. The molecule has 6 saturated heterocycles. The molecule has 6 aliphatic heterocycles. The summed E-state index contributed by atoms with van der Waals surface area (Å²) in [5, 5.41) is 9.94. The average Bonchev–Trinajstić information content (AvgIpc) is 3.94. The summed E-state index contributed by atoms with van der Waals surface area (Å²) in [6.07, 6.45) is 4.47. The number of fused-ring (bicyclic) bond motifs is 6. The van der Waals surface area contributed by atoms with Gasteiger partial charge < -0.3 is 51.8 Å². The third-order valence-corrected chi connectivity index (χ3v) is 17.0. The first-order valence-corrected chi connectivity index (χ1v) is 22.0. The normalized spacial score (nSPS) is 36.8. The second-order valence-electron chi connectivity index (χ2n) is 15.5. The van der Waals surface area contributed by atoms with Gasteiger partial charge in [-0.1, -0.05) is 59.8 Å². The summed E-state index contributed by atoms with van der Waals surface area (Å²) in [5.41, 5.74) is -1.42. The van der Waals surface area contributed by atoms with Crippen LogP contribution in [0.15, 0.2) is 38.0 Å². The summed E-state index contributed by atoms with van der Waals surface area (Å²) in [6.45, 7) is 44.9. The summed E-state index contributed by atoms with van der Waals surface area (Å²) in [7, 11) is -2.87. The van der Waals surface area contributed by atoms with Crippen LogP contribution in [-0.4, -0.2) is 106 Å². The first kappa shape index (κ1) is 53.1. The van der Waals surface area contributed by atoms with Crippen molar-refractivity contribution in [2.45, 2.75) is 113 Å². The van der Waals surface area contributed by atoms with Gasteiger partial charge in [0, 0.05) is 118 Å². The molecule has 0 aromatic carbocycles. The predicted molar refractivity (Wildman–Crippen MR) is 195 cm³/mol. The fraction of sp³-hybridized carbons (Fsp3) is 0.730. The van der Waals surface area contributed by atoms with Crippen LogP contribution in [0.25, 0.3) is 4.85 Å². The van der Waals surface area contributed by atoms with Crippen molar-refractivity contribution in [1.82, 2.24) is 0 Å². The molecule has 0 spiro atoms. The first-order valence-electron chi connectivity index (χ1n) is 17.5. The Morgan fingerprint density at radius 2 is 1.25 bits per heavy atom. The Hall–Kier alpha value is 2.11. The minimum Gasteiger partial charge on any atom is -0.541 e. The topological polar surface area (TPSA) is 108 Å². The van der Waals surface area contributed by atoms with Gasteiger partial charge in [0.05, 0.1) is 54.9 Å². The van der Waals surface area contributed by atoms with Crippen molar-refractivity contribution in [3.63, 3.8) is 0 Å². The molecule has 1 unspecified atom stereocenters. The van der Waals surface area contributed by atoms with Crippen molar-refractivity contribution in [1.29, 1.82) is 0 Å². The molecule has 53 heavy (non-hydrogen) atoms. The Labute approximate surface area is 392 Å². The van der Waals surface area contributed by atoms with E-state index in [9.17, 15) is 5.11 Å². The van der Waals surface area contributed by atoms with Crippen molar-refractivity contribution >= 4 is 16.7 Å². The van der Waals surface area contributed by atoms with E-state index in [-0.39, 0.29) is 152 Å². The van der Waals surface area contributed by atoms with E-state index in [4.69, 9.17) is 48.5 Å². The zero-order valence-electron chi connectivity index (χ0n) is 32.8. The SMILES string of the molecule is C=C[C@H](C)[C@@]12CO[C@@H]([CH-]O1)[C@@H]2O.C=C[C@H](C)[C@@]12CO[C@@H]([CH-]O1)[C@@H]2O[Si](C)(C)C(C)(C)C.[C-]#[N+]CCOP(C)O[C@H]1[C@@H]2[CH-]O[C@@]1([C@@H](C)C=C)CO2.[U].[U].[U]. The second-order valence-corrected chi connectivity index (χ2v) is 21.6. The summed E-state index contributed by atoms with van der Waals surface area (Å²) < 4.78 is 52.0. The fourth-order valence-corrected chi connectivity index (χ4v) is 8.91. The van der Waals surface area contributed by atoms with E-state index in [0.717, 1.165) is 0 Å². The van der Waals surface area contributed by atoms with Gasteiger partial charge in [0.25, 0.3) is 0 Å². The summed E-state index contributed by atoms with van der Waals surface area (Å²) >= 11 is 0. The maximum absolute atomic E-state index is 9.75. The van der Waals surface area contributed by atoms with Crippen LogP contribution < -0.4 is 0 Å². The van der Waals surface area contributed by atoms with Gasteiger partial charge in [-0.15, -0.1) is 19.7 Å². The van der Waals surface area contributed by atoms with Crippen LogP contribution in [0.5, 0.6) is 0 Å². The Morgan fingerprint density at radius 3 is 1.62 bits per heavy atom. The van der Waals surface area contributed by atoms with Gasteiger partial charge >= 0.3 is 0 Å². The number of rotatable bonds is 13. The third kappa shape index (κ3) is 11.1. The number of aliphatic hydroxyl groups excluding tert-OH is 1. The number of aliphatic hydroxyl groups is 1. The van der Waals surface area contributed by atoms with Gasteiger partial charge in [0.1, 0.15) is 6.61 Å². The Balaban J connectivity index is 0.000000396. The predicted octanol–water partition coefficient (Wildman–Crippen LogP) is 6.43. The molecule has 6 rings (SSSR count). The zero-order chi connectivity index (χ0) is 37.1. The zero-order valence-corrected chi connectivity index (χ0v) is 47.2. The fourth-order valence-electron chi connectivity index (χ4n) is 6.57. The minimum absolute atomic E-state index is 0. The molecule has 6 bridgehead atoms. The van der Waals surface area contributed by atoms with Gasteiger partial charge in [-0.2, -0.15) is 19.8 Å². The molecule has 0 aliphatic carbocycles. The standard InChI is InChI=1S/C15H27O3Si.C13H19NO4P.C9H13O3.3U/c1-8-11(2)15-10-16-12(9-17-15)13(15)18-19(6,7)14(3,4)5;1-5-10(2)13-9-15-11(8-16-13)12(13)18-19(4)17-7-6-14-3;1-3-6(2)9-5-11-7(4-12-9)8(9)10;;;/h8-9,11-13H,1,10H2,2-7H3;5,8,10-12H,1,6-7,9H2,2,4H3;3-4,6-8,10H,1,5H2,2H3;;;/q3*-1;;;/t11-,12-,13-,15+;10-,11-,12-,13+,19?;6-,7-,8-,9+;;;/m000.../s1. The summed E-state index contributed by atoms with van der Waals surface area (Å²) in [4.78, 5) is 3.25. The van der Waals surface area contributed by atoms with E-state index in [0.29, 0.717) is 33.0 Å². The van der Waals surface area contributed by atoms with Crippen LogP contribution in [0, 0.1) is 137 Å². The Bertz CT molecular complexity index is 1210. The molecule has 1 N–H and O–H groups in total. The van der Waals surface area contributed by atoms with Crippen LogP contribution in [0.1, 0.15) is 41.5 Å². The average molecular weight is 1450 g/mol. The van der Waals surface area contributed by atoms with Gasteiger partial charge in [0.2, 0.25) is 6.54 Å². The van der Waals surface area contributed by atoms with E-state index in [2.05, 4.69) is 65.4 Å². The molecule has 0 amide bonds. The maximum Gasteiger partial charge on any atom is 0.238 e. The van der Waals surface area contributed by atoms with Crippen LogP contribution in [0.3, 0.4) is 0 Å².